The summed E-state index contributed by atoms with van der Waals surface area (Å²) in [6.45, 7) is 5.13. The van der Waals surface area contributed by atoms with Crippen molar-refractivity contribution in [3.63, 3.8) is 0 Å². The molecule has 2 aromatic carbocycles. The van der Waals surface area contributed by atoms with Crippen molar-refractivity contribution in [2.45, 2.75) is 6.42 Å². The van der Waals surface area contributed by atoms with E-state index in [1.54, 1.807) is 0 Å². The third kappa shape index (κ3) is 6.13. The second-order valence-corrected chi connectivity index (χ2v) is 7.79. The minimum Gasteiger partial charge on any atom is -0.494 e. The third-order valence-corrected chi connectivity index (χ3v) is 5.26. The molecule has 0 aliphatic carbocycles. The Labute approximate surface area is 168 Å². The fraction of sp³-hybridized carbons (Fsp3) is 0.333. The van der Waals surface area contributed by atoms with Crippen molar-refractivity contribution in [3.8, 4) is 5.75 Å². The SMILES string of the molecule is Clc1ccc(/C=C/c2cccc(OCCCNCC3CNC3)c2)c(Br)c1. The number of rotatable bonds is 9. The molecule has 2 N–H and O–H groups in total. The van der Waals surface area contributed by atoms with Gasteiger partial charge in [0.1, 0.15) is 5.75 Å². The Morgan fingerprint density at radius 2 is 2.08 bits per heavy atom. The summed E-state index contributed by atoms with van der Waals surface area (Å²) in [6.07, 6.45) is 5.16. The molecule has 3 nitrogen and oxygen atoms in total. The number of hydrogen-bond donors (Lipinski definition) is 2. The van der Waals surface area contributed by atoms with Gasteiger partial charge in [0.25, 0.3) is 0 Å². The van der Waals surface area contributed by atoms with Crippen LogP contribution in [0.15, 0.2) is 46.9 Å². The molecule has 1 saturated heterocycles. The van der Waals surface area contributed by atoms with Gasteiger partial charge in [0.05, 0.1) is 6.61 Å². The fourth-order valence-electron chi connectivity index (χ4n) is 2.72. The van der Waals surface area contributed by atoms with Crippen LogP contribution in [0, 0.1) is 5.92 Å². The minimum absolute atomic E-state index is 0.725. The van der Waals surface area contributed by atoms with Crippen LogP contribution in [0.2, 0.25) is 5.02 Å². The summed E-state index contributed by atoms with van der Waals surface area (Å²) >= 11 is 9.52. The summed E-state index contributed by atoms with van der Waals surface area (Å²) in [6, 6.07) is 13.9. The summed E-state index contributed by atoms with van der Waals surface area (Å²) in [4.78, 5) is 0. The van der Waals surface area contributed by atoms with Crippen molar-refractivity contribution < 1.29 is 4.74 Å². The second-order valence-electron chi connectivity index (χ2n) is 6.50. The average Bonchev–Trinajstić information content (AvgIpc) is 2.59. The van der Waals surface area contributed by atoms with Crippen LogP contribution in [-0.4, -0.2) is 32.8 Å². The molecule has 138 valence electrons. The van der Waals surface area contributed by atoms with Gasteiger partial charge in [-0.05, 0) is 54.3 Å². The summed E-state index contributed by atoms with van der Waals surface area (Å²) < 4.78 is 6.86. The largest absolute Gasteiger partial charge is 0.494 e. The maximum atomic E-state index is 5.98. The lowest BCUT2D eigenvalue weighted by Crippen LogP contribution is -2.47. The van der Waals surface area contributed by atoms with E-state index in [9.17, 15) is 0 Å². The Kier molecular flexibility index (Phi) is 7.56. The van der Waals surface area contributed by atoms with E-state index in [2.05, 4.69) is 50.8 Å². The first-order valence-electron chi connectivity index (χ1n) is 8.98. The molecule has 5 heteroatoms. The van der Waals surface area contributed by atoms with Gasteiger partial charge in [-0.15, -0.1) is 0 Å². The van der Waals surface area contributed by atoms with Crippen molar-refractivity contribution >= 4 is 39.7 Å². The molecule has 3 rings (SSSR count). The number of benzene rings is 2. The molecule has 1 heterocycles. The van der Waals surface area contributed by atoms with Crippen LogP contribution in [0.5, 0.6) is 5.75 Å². The molecular weight excluding hydrogens is 412 g/mol. The highest BCUT2D eigenvalue weighted by Gasteiger charge is 2.15. The molecule has 0 saturated carbocycles. The van der Waals surface area contributed by atoms with E-state index in [1.807, 2.05) is 30.3 Å². The van der Waals surface area contributed by atoms with Gasteiger partial charge in [-0.2, -0.15) is 0 Å². The topological polar surface area (TPSA) is 33.3 Å². The molecule has 0 radical (unpaired) electrons. The standard InChI is InChI=1S/C21H24BrClN2O/c22-21-12-19(23)8-7-18(21)6-5-16-3-1-4-20(11-16)26-10-2-9-24-13-17-14-25-15-17/h1,3-8,11-12,17,24-25H,2,9-10,13-15H2/b6-5+. The zero-order chi connectivity index (χ0) is 18.2. The molecule has 1 aliphatic rings. The first-order chi connectivity index (χ1) is 12.7. The van der Waals surface area contributed by atoms with Gasteiger partial charge in [0, 0.05) is 29.1 Å². The molecule has 0 bridgehead atoms. The van der Waals surface area contributed by atoms with E-state index >= 15 is 0 Å². The van der Waals surface area contributed by atoms with Crippen molar-refractivity contribution in [2.24, 2.45) is 5.92 Å². The van der Waals surface area contributed by atoms with Gasteiger partial charge in [-0.1, -0.05) is 57.9 Å². The molecular formula is C21H24BrClN2O. The number of hydrogen-bond acceptors (Lipinski definition) is 3. The lowest BCUT2D eigenvalue weighted by molar-refractivity contribution is 0.296. The molecule has 0 amide bonds. The molecule has 0 atom stereocenters. The van der Waals surface area contributed by atoms with Crippen LogP contribution >= 0.6 is 27.5 Å². The van der Waals surface area contributed by atoms with E-state index in [4.69, 9.17) is 16.3 Å². The normalized spacial score (nSPS) is 14.5. The Morgan fingerprint density at radius 3 is 2.85 bits per heavy atom. The predicted molar refractivity (Wildman–Crippen MR) is 114 cm³/mol. The maximum Gasteiger partial charge on any atom is 0.119 e. The van der Waals surface area contributed by atoms with Crippen molar-refractivity contribution in [3.05, 3.63) is 63.1 Å². The smallest absolute Gasteiger partial charge is 0.119 e. The molecule has 1 aliphatic heterocycles. The first-order valence-corrected chi connectivity index (χ1v) is 10.2. The maximum absolute atomic E-state index is 5.98. The van der Waals surface area contributed by atoms with Crippen molar-refractivity contribution in [2.75, 3.05) is 32.8 Å². The van der Waals surface area contributed by atoms with Crippen LogP contribution in [0.3, 0.4) is 0 Å². The van der Waals surface area contributed by atoms with E-state index < -0.39 is 0 Å². The lowest BCUT2D eigenvalue weighted by atomic mass is 10.0. The van der Waals surface area contributed by atoms with Gasteiger partial charge in [-0.25, -0.2) is 0 Å². The molecule has 26 heavy (non-hydrogen) atoms. The molecule has 1 fully saturated rings. The Balaban J connectivity index is 1.44. The zero-order valence-electron chi connectivity index (χ0n) is 14.7. The van der Waals surface area contributed by atoms with Gasteiger partial charge in [0.2, 0.25) is 0 Å². The van der Waals surface area contributed by atoms with E-state index in [-0.39, 0.29) is 0 Å². The highest BCUT2D eigenvalue weighted by Crippen LogP contribution is 2.24. The van der Waals surface area contributed by atoms with E-state index in [1.165, 1.54) is 0 Å². The van der Waals surface area contributed by atoms with Crippen LogP contribution in [-0.2, 0) is 0 Å². The van der Waals surface area contributed by atoms with Crippen molar-refractivity contribution in [1.29, 1.82) is 0 Å². The average molecular weight is 436 g/mol. The quantitative estimate of drug-likeness (QED) is 0.436. The van der Waals surface area contributed by atoms with Gasteiger partial charge in [0.15, 0.2) is 0 Å². The van der Waals surface area contributed by atoms with Gasteiger partial charge >= 0.3 is 0 Å². The highest BCUT2D eigenvalue weighted by molar-refractivity contribution is 9.10. The number of nitrogens with one attached hydrogen (secondary N) is 2. The van der Waals surface area contributed by atoms with Crippen LogP contribution < -0.4 is 15.4 Å². The summed E-state index contributed by atoms with van der Waals surface area (Å²) in [5, 5.41) is 7.50. The first kappa shape index (κ1) is 19.4. The lowest BCUT2D eigenvalue weighted by Gasteiger charge is -2.27. The number of ether oxygens (including phenoxy) is 1. The molecule has 0 aromatic heterocycles. The van der Waals surface area contributed by atoms with E-state index in [0.29, 0.717) is 0 Å². The molecule has 0 unspecified atom stereocenters. The number of halogens is 2. The summed E-state index contributed by atoms with van der Waals surface area (Å²) in [5.41, 5.74) is 2.20. The van der Waals surface area contributed by atoms with Crippen LogP contribution in [0.1, 0.15) is 17.5 Å². The molecule has 2 aromatic rings. The monoisotopic (exact) mass is 434 g/mol. The van der Waals surface area contributed by atoms with E-state index in [0.717, 1.165) is 71.5 Å². The molecule has 0 spiro atoms. The van der Waals surface area contributed by atoms with Crippen LogP contribution in [0.25, 0.3) is 12.2 Å². The van der Waals surface area contributed by atoms with Crippen molar-refractivity contribution in [1.82, 2.24) is 10.6 Å². The Morgan fingerprint density at radius 1 is 1.19 bits per heavy atom. The van der Waals surface area contributed by atoms with Crippen LogP contribution in [0.4, 0.5) is 0 Å². The zero-order valence-corrected chi connectivity index (χ0v) is 17.0. The Bertz CT molecular complexity index is 747. The summed E-state index contributed by atoms with van der Waals surface area (Å²) in [5.74, 6) is 1.71. The third-order valence-electron chi connectivity index (χ3n) is 4.34. The van der Waals surface area contributed by atoms with Gasteiger partial charge < -0.3 is 15.4 Å². The summed E-state index contributed by atoms with van der Waals surface area (Å²) in [7, 11) is 0. The second kappa shape index (κ2) is 10.1. The predicted octanol–water partition coefficient (Wildman–Crippen LogP) is 4.85. The fourth-order valence-corrected chi connectivity index (χ4v) is 3.53. The Hall–Kier alpha value is -1.33. The highest BCUT2D eigenvalue weighted by atomic mass is 79.9. The van der Waals surface area contributed by atoms with Gasteiger partial charge in [-0.3, -0.25) is 0 Å². The minimum atomic E-state index is 0.725.